The molecule has 2 fully saturated rings. The van der Waals surface area contributed by atoms with Gasteiger partial charge in [0.15, 0.2) is 0 Å². The number of benzene rings is 2. The van der Waals surface area contributed by atoms with Gasteiger partial charge in [-0.1, -0.05) is 100.0 Å². The van der Waals surface area contributed by atoms with Crippen LogP contribution in [0.5, 0.6) is 0 Å². The molecule has 1 aliphatic heterocycles. The number of carbonyl (C=O) groups is 8. The van der Waals surface area contributed by atoms with Gasteiger partial charge < -0.3 is 42.0 Å². The molecule has 1 aliphatic carbocycles. The van der Waals surface area contributed by atoms with Gasteiger partial charge in [0.2, 0.25) is 29.4 Å². The summed E-state index contributed by atoms with van der Waals surface area (Å²) in [4.78, 5) is 108. The van der Waals surface area contributed by atoms with Crippen LogP contribution in [0.25, 0.3) is 0 Å². The van der Waals surface area contributed by atoms with E-state index in [-0.39, 0.29) is 53.4 Å². The molecule has 0 aromatic heterocycles. The molecule has 0 radical (unpaired) electrons. The summed E-state index contributed by atoms with van der Waals surface area (Å²) in [5, 5.41) is 13.3. The van der Waals surface area contributed by atoms with E-state index in [1.54, 1.807) is 37.3 Å². The van der Waals surface area contributed by atoms with Gasteiger partial charge >= 0.3 is 6.09 Å². The van der Waals surface area contributed by atoms with E-state index in [2.05, 4.69) is 26.6 Å². The Hall–Kier alpha value is -5.22. The summed E-state index contributed by atoms with van der Waals surface area (Å²) >= 11 is 12.2. The first-order valence-electron chi connectivity index (χ1n) is 19.8. The second kappa shape index (κ2) is 22.2. The molecule has 5 atom stereocenters. The number of likely N-dealkylation sites (tertiary alicyclic amines) is 1. The van der Waals surface area contributed by atoms with Gasteiger partial charge in [0, 0.05) is 18.2 Å². The minimum Gasteiger partial charge on any atom is -0.449 e. The van der Waals surface area contributed by atoms with Gasteiger partial charge in [-0.05, 0) is 61.3 Å². The van der Waals surface area contributed by atoms with E-state index in [1.165, 1.54) is 23.1 Å². The fourth-order valence-corrected chi connectivity index (χ4v) is 7.48. The fraction of sp³-hybridized carbons (Fsp3) is 0.512. The lowest BCUT2D eigenvalue weighted by molar-refractivity contribution is -0.143. The van der Waals surface area contributed by atoms with Gasteiger partial charge in [-0.2, -0.15) is 0 Å². The number of halogens is 2. The summed E-state index contributed by atoms with van der Waals surface area (Å²) < 4.78 is 5.37. The molecule has 0 spiro atoms. The van der Waals surface area contributed by atoms with Crippen molar-refractivity contribution in [2.75, 3.05) is 19.7 Å². The third-order valence-corrected chi connectivity index (χ3v) is 10.9. The number of primary amides is 1. The number of alkyl carbamates (subject to hydrolysis) is 1. The second-order valence-electron chi connectivity index (χ2n) is 15.3. The topological polar surface area (TPSA) is 235 Å². The first kappa shape index (κ1) is 46.5. The molecule has 7 N–H and O–H groups in total. The lowest BCUT2D eigenvalue weighted by Crippen LogP contribution is -2.58. The van der Waals surface area contributed by atoms with Crippen molar-refractivity contribution in [3.05, 3.63) is 69.7 Å². The maximum atomic E-state index is 14.6. The number of nitrogens with two attached hydrogens (primary N) is 1. The SMILES string of the molecule is CCCC(NC(=O)C1C[C@@H](NC(=O)c2ccc(Cl)c(Cl)c2)CN1C(=O)[C@@H](NC(=O)OCC(C)C)C1CCCCC1)C(=O)C(=O)NCC(=O)N[C@H](C(N)=O)c1ccccc1. The summed E-state index contributed by atoms with van der Waals surface area (Å²) in [7, 11) is 0. The van der Waals surface area contributed by atoms with E-state index in [9.17, 15) is 38.4 Å². The van der Waals surface area contributed by atoms with Crippen LogP contribution in [0.3, 0.4) is 0 Å². The van der Waals surface area contributed by atoms with Crippen LogP contribution in [-0.4, -0.2) is 96.1 Å². The number of hydrogen-bond donors (Lipinski definition) is 6. The van der Waals surface area contributed by atoms with Crippen molar-refractivity contribution in [3.8, 4) is 0 Å². The first-order valence-corrected chi connectivity index (χ1v) is 20.6. The molecule has 2 aromatic carbocycles. The van der Waals surface area contributed by atoms with Gasteiger partial charge in [-0.3, -0.25) is 33.6 Å². The third kappa shape index (κ3) is 13.4. The van der Waals surface area contributed by atoms with E-state index in [4.69, 9.17) is 33.7 Å². The lowest BCUT2D eigenvalue weighted by atomic mass is 9.83. The van der Waals surface area contributed by atoms with E-state index < -0.39 is 84.1 Å². The van der Waals surface area contributed by atoms with Crippen LogP contribution in [-0.2, 0) is 33.5 Å². The zero-order chi connectivity index (χ0) is 43.2. The van der Waals surface area contributed by atoms with Gasteiger partial charge in [0.1, 0.15) is 18.1 Å². The minimum absolute atomic E-state index is 0.0358. The van der Waals surface area contributed by atoms with Crippen LogP contribution in [0.1, 0.15) is 94.1 Å². The summed E-state index contributed by atoms with van der Waals surface area (Å²) in [6, 6.07) is 7.00. The average Bonchev–Trinajstić information content (AvgIpc) is 3.64. The molecule has 1 saturated heterocycles. The number of ketones is 1. The van der Waals surface area contributed by atoms with Crippen molar-refractivity contribution >= 4 is 70.5 Å². The molecule has 2 unspecified atom stereocenters. The van der Waals surface area contributed by atoms with Crippen LogP contribution < -0.4 is 32.3 Å². The summed E-state index contributed by atoms with van der Waals surface area (Å²) in [5.74, 6) is -5.90. The van der Waals surface area contributed by atoms with Crippen LogP contribution in [0.2, 0.25) is 10.0 Å². The van der Waals surface area contributed by atoms with E-state index >= 15 is 0 Å². The summed E-state index contributed by atoms with van der Waals surface area (Å²) in [6.07, 6.45) is 3.51. The Kier molecular flexibility index (Phi) is 17.5. The second-order valence-corrected chi connectivity index (χ2v) is 16.1. The molecule has 2 aromatic rings. The lowest BCUT2D eigenvalue weighted by Gasteiger charge is -2.34. The Labute approximate surface area is 353 Å². The summed E-state index contributed by atoms with van der Waals surface area (Å²) in [6.45, 7) is 4.83. The van der Waals surface area contributed by atoms with Crippen molar-refractivity contribution in [1.82, 2.24) is 31.5 Å². The predicted molar refractivity (Wildman–Crippen MR) is 219 cm³/mol. The Morgan fingerprint density at radius 1 is 0.898 bits per heavy atom. The van der Waals surface area contributed by atoms with Crippen LogP contribution >= 0.6 is 23.2 Å². The molecular formula is C41H53Cl2N7O9. The van der Waals surface area contributed by atoms with Crippen LogP contribution in [0, 0.1) is 11.8 Å². The minimum atomic E-state index is -1.35. The maximum Gasteiger partial charge on any atom is 0.407 e. The molecule has 1 saturated carbocycles. The standard InChI is InChI=1S/C41H53Cl2N7O9/c1-4-11-30(35(52)39(56)45-20-32(51)48-33(36(44)53)24-12-7-5-8-13-24)47-38(55)31-19-27(46-37(54)26-16-17-28(42)29(43)18-26)21-50(31)40(57)34(25-14-9-6-10-15-25)49-41(58)59-22-23(2)3/h5,7-8,12-13,16-18,23,25,27,30-31,33-34H,4,6,9-11,14-15,19-22H2,1-3H3,(H2,44,53)(H,45,56)(H,46,54)(H,47,55)(H,48,51)(H,49,58)/t27-,30?,31?,33+,34+/m1/s1. The largest absolute Gasteiger partial charge is 0.449 e. The van der Waals surface area contributed by atoms with Crippen LogP contribution in [0.4, 0.5) is 4.79 Å². The van der Waals surface area contributed by atoms with Crippen molar-refractivity contribution in [2.45, 2.75) is 102 Å². The molecule has 7 amide bonds. The number of nitrogens with zero attached hydrogens (tertiary/aromatic N) is 1. The Balaban J connectivity index is 1.53. The van der Waals surface area contributed by atoms with Crippen molar-refractivity contribution in [3.63, 3.8) is 0 Å². The van der Waals surface area contributed by atoms with E-state index in [1.807, 2.05) is 13.8 Å². The molecule has 320 valence electrons. The molecule has 0 bridgehead atoms. The number of amides is 7. The maximum absolute atomic E-state index is 14.6. The number of ether oxygens (including phenoxy) is 1. The zero-order valence-electron chi connectivity index (χ0n) is 33.4. The molecule has 16 nitrogen and oxygen atoms in total. The van der Waals surface area contributed by atoms with Crippen molar-refractivity contribution < 1.29 is 43.1 Å². The first-order chi connectivity index (χ1) is 28.1. The van der Waals surface area contributed by atoms with Crippen LogP contribution in [0.15, 0.2) is 48.5 Å². The molecule has 4 rings (SSSR count). The molecular weight excluding hydrogens is 805 g/mol. The number of carbonyl (C=O) groups excluding carboxylic acids is 8. The fourth-order valence-electron chi connectivity index (χ4n) is 7.18. The van der Waals surface area contributed by atoms with Gasteiger partial charge in [0.05, 0.1) is 29.2 Å². The Morgan fingerprint density at radius 2 is 1.59 bits per heavy atom. The number of rotatable bonds is 18. The van der Waals surface area contributed by atoms with Crippen molar-refractivity contribution in [2.24, 2.45) is 17.6 Å². The van der Waals surface area contributed by atoms with E-state index in [0.717, 1.165) is 19.3 Å². The van der Waals surface area contributed by atoms with E-state index in [0.29, 0.717) is 24.8 Å². The molecule has 18 heteroatoms. The highest BCUT2D eigenvalue weighted by Gasteiger charge is 2.45. The van der Waals surface area contributed by atoms with Crippen molar-refractivity contribution in [1.29, 1.82) is 0 Å². The Bertz CT molecular complexity index is 1860. The Morgan fingerprint density at radius 3 is 2.22 bits per heavy atom. The highest BCUT2D eigenvalue weighted by molar-refractivity contribution is 6.42. The van der Waals surface area contributed by atoms with Gasteiger partial charge in [-0.25, -0.2) is 4.79 Å². The average molecular weight is 859 g/mol. The quantitative estimate of drug-likeness (QED) is 0.121. The smallest absolute Gasteiger partial charge is 0.407 e. The normalized spacial score (nSPS) is 18.2. The molecule has 1 heterocycles. The number of Topliss-reactive ketones (excluding diaryl/α,β-unsaturated/α-hetero) is 1. The molecule has 2 aliphatic rings. The highest BCUT2D eigenvalue weighted by atomic mass is 35.5. The van der Waals surface area contributed by atoms with Gasteiger partial charge in [0.25, 0.3) is 11.8 Å². The zero-order valence-corrected chi connectivity index (χ0v) is 34.9. The van der Waals surface area contributed by atoms with Gasteiger partial charge in [-0.15, -0.1) is 0 Å². The third-order valence-electron chi connectivity index (χ3n) is 10.2. The highest BCUT2D eigenvalue weighted by Crippen LogP contribution is 2.30. The molecule has 59 heavy (non-hydrogen) atoms. The predicted octanol–water partition coefficient (Wildman–Crippen LogP) is 3.34. The number of nitrogens with one attached hydrogen (secondary N) is 5. The number of hydrogen-bond acceptors (Lipinski definition) is 9. The monoisotopic (exact) mass is 857 g/mol. The summed E-state index contributed by atoms with van der Waals surface area (Å²) in [5.41, 5.74) is 6.09.